The Labute approximate surface area is 122 Å². The molecule has 1 saturated heterocycles. The highest BCUT2D eigenvalue weighted by Gasteiger charge is 2.27. The van der Waals surface area contributed by atoms with E-state index in [4.69, 9.17) is 4.52 Å². The van der Waals surface area contributed by atoms with Crippen LogP contribution in [0.1, 0.15) is 42.5 Å². The highest BCUT2D eigenvalue weighted by Crippen LogP contribution is 2.25. The average molecular weight is 289 g/mol. The van der Waals surface area contributed by atoms with Gasteiger partial charge in [-0.1, -0.05) is 5.16 Å². The predicted molar refractivity (Wildman–Crippen MR) is 74.5 cm³/mol. The Morgan fingerprint density at radius 1 is 1.57 bits per heavy atom. The quantitative estimate of drug-likeness (QED) is 0.920. The highest BCUT2D eigenvalue weighted by atomic mass is 16.5. The van der Waals surface area contributed by atoms with E-state index < -0.39 is 0 Å². The molecule has 0 spiro atoms. The van der Waals surface area contributed by atoms with Crippen molar-refractivity contribution in [2.45, 2.75) is 38.5 Å². The first kappa shape index (κ1) is 13.8. The number of piperidine rings is 1. The molecule has 1 amide bonds. The molecule has 1 atom stereocenters. The number of aromatic amines is 1. The molecule has 0 unspecified atom stereocenters. The standard InChI is InChI=1S/C14H19N5O2/c1-10-17-14(18-21-10)12-3-2-6-19(9-12)13(20)5-4-11-7-15-16-8-11/h7-8,12H,2-6,9H2,1H3,(H,15,16)/t12-/m1/s1. The summed E-state index contributed by atoms with van der Waals surface area (Å²) in [5.41, 5.74) is 1.06. The maximum absolute atomic E-state index is 12.3. The minimum Gasteiger partial charge on any atom is -0.342 e. The van der Waals surface area contributed by atoms with Gasteiger partial charge in [-0.2, -0.15) is 10.1 Å². The molecule has 0 bridgehead atoms. The van der Waals surface area contributed by atoms with E-state index in [9.17, 15) is 4.79 Å². The minimum absolute atomic E-state index is 0.182. The highest BCUT2D eigenvalue weighted by molar-refractivity contribution is 5.76. The van der Waals surface area contributed by atoms with E-state index >= 15 is 0 Å². The monoisotopic (exact) mass is 289 g/mol. The smallest absolute Gasteiger partial charge is 0.223 e. The van der Waals surface area contributed by atoms with Crippen LogP contribution >= 0.6 is 0 Å². The molecule has 0 radical (unpaired) electrons. The van der Waals surface area contributed by atoms with E-state index in [-0.39, 0.29) is 11.8 Å². The van der Waals surface area contributed by atoms with Crippen molar-refractivity contribution in [1.82, 2.24) is 25.2 Å². The molecule has 1 aliphatic heterocycles. The second-order valence-electron chi connectivity index (χ2n) is 5.46. The van der Waals surface area contributed by atoms with Crippen LogP contribution in [0, 0.1) is 6.92 Å². The van der Waals surface area contributed by atoms with E-state index in [0.29, 0.717) is 18.9 Å². The fraction of sp³-hybridized carbons (Fsp3) is 0.571. The van der Waals surface area contributed by atoms with Crippen LogP contribution in [0.5, 0.6) is 0 Å². The Bertz CT molecular complexity index is 592. The number of amides is 1. The lowest BCUT2D eigenvalue weighted by molar-refractivity contribution is -0.132. The SMILES string of the molecule is Cc1nc([C@@H]2CCCN(C(=O)CCc3cn[nH]c3)C2)no1. The summed E-state index contributed by atoms with van der Waals surface area (Å²) in [6.45, 7) is 3.29. The zero-order valence-electron chi connectivity index (χ0n) is 12.1. The molecule has 7 nitrogen and oxygen atoms in total. The van der Waals surface area contributed by atoms with Crippen LogP contribution in [-0.2, 0) is 11.2 Å². The van der Waals surface area contributed by atoms with Crippen LogP contribution in [0.4, 0.5) is 0 Å². The molecule has 1 N–H and O–H groups in total. The van der Waals surface area contributed by atoms with Crippen LogP contribution in [-0.4, -0.2) is 44.2 Å². The van der Waals surface area contributed by atoms with E-state index in [0.717, 1.165) is 37.2 Å². The lowest BCUT2D eigenvalue weighted by Gasteiger charge is -2.31. The summed E-state index contributed by atoms with van der Waals surface area (Å²) in [7, 11) is 0. The van der Waals surface area contributed by atoms with Crippen molar-refractivity contribution in [3.05, 3.63) is 29.7 Å². The van der Waals surface area contributed by atoms with Crippen molar-refractivity contribution in [2.75, 3.05) is 13.1 Å². The van der Waals surface area contributed by atoms with Gasteiger partial charge in [-0.25, -0.2) is 0 Å². The van der Waals surface area contributed by atoms with E-state index in [2.05, 4.69) is 20.3 Å². The zero-order valence-corrected chi connectivity index (χ0v) is 12.1. The van der Waals surface area contributed by atoms with Crippen LogP contribution < -0.4 is 0 Å². The Balaban J connectivity index is 1.56. The fourth-order valence-electron chi connectivity index (χ4n) is 2.72. The maximum atomic E-state index is 12.3. The van der Waals surface area contributed by atoms with Gasteiger partial charge in [0.25, 0.3) is 0 Å². The van der Waals surface area contributed by atoms with Gasteiger partial charge in [-0.05, 0) is 24.8 Å². The summed E-state index contributed by atoms with van der Waals surface area (Å²) in [6, 6.07) is 0. The van der Waals surface area contributed by atoms with Gasteiger partial charge in [0.15, 0.2) is 5.82 Å². The van der Waals surface area contributed by atoms with Gasteiger partial charge in [0.2, 0.25) is 11.8 Å². The molecular weight excluding hydrogens is 270 g/mol. The second kappa shape index (κ2) is 6.07. The molecule has 21 heavy (non-hydrogen) atoms. The lowest BCUT2D eigenvalue weighted by Crippen LogP contribution is -2.39. The number of aryl methyl sites for hydroxylation is 2. The summed E-state index contributed by atoms with van der Waals surface area (Å²) in [5, 5.41) is 10.6. The van der Waals surface area contributed by atoms with Crippen molar-refractivity contribution in [1.29, 1.82) is 0 Å². The molecule has 112 valence electrons. The van der Waals surface area contributed by atoms with Crippen molar-refractivity contribution in [2.24, 2.45) is 0 Å². The predicted octanol–water partition coefficient (Wildman–Crippen LogP) is 1.44. The molecule has 0 aliphatic carbocycles. The Morgan fingerprint density at radius 3 is 3.19 bits per heavy atom. The molecular formula is C14H19N5O2. The van der Waals surface area contributed by atoms with Gasteiger partial charge in [0, 0.05) is 38.5 Å². The Kier molecular flexibility index (Phi) is 3.98. The van der Waals surface area contributed by atoms with Crippen molar-refractivity contribution in [3.8, 4) is 0 Å². The second-order valence-corrected chi connectivity index (χ2v) is 5.46. The first-order valence-corrected chi connectivity index (χ1v) is 7.28. The van der Waals surface area contributed by atoms with Crippen LogP contribution in [0.15, 0.2) is 16.9 Å². The van der Waals surface area contributed by atoms with Gasteiger partial charge in [-0.3, -0.25) is 9.89 Å². The summed E-state index contributed by atoms with van der Waals surface area (Å²) in [5.74, 6) is 1.67. The third kappa shape index (κ3) is 3.29. The summed E-state index contributed by atoms with van der Waals surface area (Å²) >= 11 is 0. The van der Waals surface area contributed by atoms with E-state index in [1.54, 1.807) is 13.1 Å². The maximum Gasteiger partial charge on any atom is 0.223 e. The van der Waals surface area contributed by atoms with E-state index in [1.165, 1.54) is 0 Å². The number of carbonyl (C=O) groups excluding carboxylic acids is 1. The normalized spacial score (nSPS) is 18.9. The topological polar surface area (TPSA) is 87.9 Å². The average Bonchev–Trinajstić information content (AvgIpc) is 3.16. The summed E-state index contributed by atoms with van der Waals surface area (Å²) in [6.07, 6.45) is 6.80. The number of rotatable bonds is 4. The zero-order chi connectivity index (χ0) is 14.7. The molecule has 3 rings (SSSR count). The number of carbonyl (C=O) groups is 1. The molecule has 7 heteroatoms. The number of H-pyrrole nitrogens is 1. The third-order valence-corrected chi connectivity index (χ3v) is 3.86. The first-order valence-electron chi connectivity index (χ1n) is 7.28. The Morgan fingerprint density at radius 2 is 2.48 bits per heavy atom. The number of aromatic nitrogens is 4. The van der Waals surface area contributed by atoms with Gasteiger partial charge in [0.1, 0.15) is 0 Å². The van der Waals surface area contributed by atoms with Gasteiger partial charge < -0.3 is 9.42 Å². The molecule has 3 heterocycles. The van der Waals surface area contributed by atoms with Gasteiger partial charge >= 0.3 is 0 Å². The molecule has 1 aliphatic rings. The minimum atomic E-state index is 0.182. The molecule has 2 aromatic heterocycles. The third-order valence-electron chi connectivity index (χ3n) is 3.86. The summed E-state index contributed by atoms with van der Waals surface area (Å²) in [4.78, 5) is 18.5. The largest absolute Gasteiger partial charge is 0.342 e. The Hall–Kier alpha value is -2.18. The lowest BCUT2D eigenvalue weighted by atomic mass is 9.97. The summed E-state index contributed by atoms with van der Waals surface area (Å²) < 4.78 is 5.03. The van der Waals surface area contributed by atoms with E-state index in [1.807, 2.05) is 11.1 Å². The molecule has 2 aromatic rings. The molecule has 0 saturated carbocycles. The number of nitrogens with one attached hydrogen (secondary N) is 1. The first-order chi connectivity index (χ1) is 10.2. The van der Waals surface area contributed by atoms with Gasteiger partial charge in [-0.15, -0.1) is 0 Å². The number of hydrogen-bond acceptors (Lipinski definition) is 5. The van der Waals surface area contributed by atoms with Crippen molar-refractivity contribution in [3.63, 3.8) is 0 Å². The fourth-order valence-corrected chi connectivity index (χ4v) is 2.72. The van der Waals surface area contributed by atoms with Crippen molar-refractivity contribution >= 4 is 5.91 Å². The van der Waals surface area contributed by atoms with Crippen LogP contribution in [0.25, 0.3) is 0 Å². The van der Waals surface area contributed by atoms with Gasteiger partial charge in [0.05, 0.1) is 6.20 Å². The van der Waals surface area contributed by atoms with Crippen LogP contribution in [0.2, 0.25) is 0 Å². The number of nitrogens with zero attached hydrogens (tertiary/aromatic N) is 4. The number of likely N-dealkylation sites (tertiary alicyclic amines) is 1. The molecule has 1 fully saturated rings. The number of hydrogen-bond donors (Lipinski definition) is 1. The molecule has 0 aromatic carbocycles. The van der Waals surface area contributed by atoms with Crippen molar-refractivity contribution < 1.29 is 9.32 Å². The van der Waals surface area contributed by atoms with Crippen LogP contribution in [0.3, 0.4) is 0 Å².